The number of hydrogen-bond donors (Lipinski definition) is 4. The van der Waals surface area contributed by atoms with Crippen molar-refractivity contribution in [1.29, 1.82) is 0 Å². The number of halogens is 6. The van der Waals surface area contributed by atoms with Gasteiger partial charge in [-0.3, -0.25) is 19.4 Å². The Balaban J connectivity index is 1.67. The maximum absolute atomic E-state index is 14.4. The highest BCUT2D eigenvalue weighted by Crippen LogP contribution is 2.48. The molecule has 1 aliphatic carbocycles. The predicted octanol–water partition coefficient (Wildman–Crippen LogP) is 2.64. The van der Waals surface area contributed by atoms with Crippen molar-refractivity contribution in [2.45, 2.75) is 56.8 Å². The van der Waals surface area contributed by atoms with Gasteiger partial charge < -0.3 is 26.7 Å². The van der Waals surface area contributed by atoms with Gasteiger partial charge in [0.15, 0.2) is 5.82 Å². The Morgan fingerprint density at radius 1 is 1.26 bits per heavy atom. The Morgan fingerprint density at radius 2 is 1.92 bits per heavy atom. The molecule has 1 aliphatic heterocycles. The quantitative estimate of drug-likeness (QED) is 0.240. The Kier molecular flexibility index (Phi) is 6.66. The Hall–Kier alpha value is -4.04. The molecule has 2 amide bonds. The lowest BCUT2D eigenvalue weighted by molar-refractivity contribution is -0.137. The smallest absolute Gasteiger partial charge is 0.293 e. The van der Waals surface area contributed by atoms with E-state index < -0.39 is 71.7 Å². The highest BCUT2D eigenvalue weighted by Gasteiger charge is 2.59. The molecule has 1 saturated carbocycles. The second-order valence-corrected chi connectivity index (χ2v) is 9.22. The fraction of sp³-hybridized carbons (Fsp3) is 0.391. The maximum atomic E-state index is 14.4. The van der Waals surface area contributed by atoms with E-state index in [1.54, 1.807) is 0 Å². The molecular formula is C23H22F6N6O3. The van der Waals surface area contributed by atoms with E-state index in [1.807, 2.05) is 0 Å². The van der Waals surface area contributed by atoms with Gasteiger partial charge in [0.2, 0.25) is 0 Å². The fourth-order valence-corrected chi connectivity index (χ4v) is 4.92. The first-order chi connectivity index (χ1) is 17.7. The molecule has 0 aromatic carbocycles. The van der Waals surface area contributed by atoms with Crippen molar-refractivity contribution < 1.29 is 40.7 Å². The van der Waals surface area contributed by atoms with Crippen molar-refractivity contribution >= 4 is 23.3 Å². The summed E-state index contributed by atoms with van der Waals surface area (Å²) in [6.45, 7) is 0.900. The fourth-order valence-electron chi connectivity index (χ4n) is 4.92. The van der Waals surface area contributed by atoms with E-state index >= 15 is 0 Å². The summed E-state index contributed by atoms with van der Waals surface area (Å²) in [6, 6.07) is 0.933. The SMILES string of the molecule is Cc1c(C(=O)C(=O)NC2(C(N)=CN)CC(F)(F)C2)c2n(c1C(=O)Nc1ccnc(C(F)F)c1F)CC(F)C2. The molecule has 1 atom stereocenters. The average Bonchev–Trinajstić information content (AvgIpc) is 3.30. The summed E-state index contributed by atoms with van der Waals surface area (Å²) in [5.41, 5.74) is 6.42. The van der Waals surface area contributed by atoms with Gasteiger partial charge in [0, 0.05) is 37.4 Å². The van der Waals surface area contributed by atoms with Crippen LogP contribution in [0.25, 0.3) is 0 Å². The number of hydrogen-bond acceptors (Lipinski definition) is 6. The summed E-state index contributed by atoms with van der Waals surface area (Å²) in [5, 5.41) is 4.31. The summed E-state index contributed by atoms with van der Waals surface area (Å²) >= 11 is 0. The van der Waals surface area contributed by atoms with Gasteiger partial charge in [0.25, 0.3) is 29.9 Å². The molecule has 1 fully saturated rings. The molecule has 0 saturated heterocycles. The zero-order valence-electron chi connectivity index (χ0n) is 19.8. The van der Waals surface area contributed by atoms with Crippen LogP contribution in [0.15, 0.2) is 24.2 Å². The summed E-state index contributed by atoms with van der Waals surface area (Å²) in [7, 11) is 0. The topological polar surface area (TPSA) is 145 Å². The number of nitrogens with zero attached hydrogens (tertiary/aromatic N) is 2. The highest BCUT2D eigenvalue weighted by molar-refractivity contribution is 6.44. The highest BCUT2D eigenvalue weighted by atomic mass is 19.3. The number of alkyl halides is 5. The van der Waals surface area contributed by atoms with Crippen molar-refractivity contribution in [2.75, 3.05) is 5.32 Å². The van der Waals surface area contributed by atoms with Crippen molar-refractivity contribution in [1.82, 2.24) is 14.9 Å². The van der Waals surface area contributed by atoms with Gasteiger partial charge in [-0.05, 0) is 18.6 Å². The molecule has 3 heterocycles. The Labute approximate surface area is 211 Å². The lowest BCUT2D eigenvalue weighted by Crippen LogP contribution is -2.65. The Morgan fingerprint density at radius 3 is 2.50 bits per heavy atom. The third-order valence-corrected chi connectivity index (χ3v) is 6.64. The van der Waals surface area contributed by atoms with Crippen LogP contribution in [0.4, 0.5) is 32.0 Å². The van der Waals surface area contributed by atoms with Crippen molar-refractivity contribution in [3.63, 3.8) is 0 Å². The van der Waals surface area contributed by atoms with Crippen LogP contribution in [-0.2, 0) is 17.8 Å². The third-order valence-electron chi connectivity index (χ3n) is 6.64. The van der Waals surface area contributed by atoms with E-state index in [0.29, 0.717) is 0 Å². The number of ketones is 1. The summed E-state index contributed by atoms with van der Waals surface area (Å²) in [5.74, 6) is -8.27. The van der Waals surface area contributed by atoms with Crippen LogP contribution in [0.3, 0.4) is 0 Å². The largest absolute Gasteiger partial charge is 0.403 e. The first-order valence-corrected chi connectivity index (χ1v) is 11.2. The van der Waals surface area contributed by atoms with Gasteiger partial charge in [-0.25, -0.2) is 26.3 Å². The normalized spacial score (nSPS) is 19.6. The van der Waals surface area contributed by atoms with Gasteiger partial charge >= 0.3 is 0 Å². The molecule has 2 aliphatic rings. The number of aromatic nitrogens is 2. The molecule has 9 nitrogen and oxygen atoms in total. The number of anilines is 1. The number of carbonyl (C=O) groups excluding carboxylic acids is 3. The summed E-state index contributed by atoms with van der Waals surface area (Å²) < 4.78 is 83.1. The molecular weight excluding hydrogens is 522 g/mol. The van der Waals surface area contributed by atoms with Gasteiger partial charge in [-0.1, -0.05) is 0 Å². The van der Waals surface area contributed by atoms with Crippen LogP contribution in [0.2, 0.25) is 0 Å². The van der Waals surface area contributed by atoms with Crippen LogP contribution < -0.4 is 22.1 Å². The van der Waals surface area contributed by atoms with Crippen LogP contribution in [0.5, 0.6) is 0 Å². The lowest BCUT2D eigenvalue weighted by atomic mass is 9.71. The monoisotopic (exact) mass is 544 g/mol. The molecule has 1 unspecified atom stereocenters. The number of nitrogens with one attached hydrogen (secondary N) is 2. The molecule has 6 N–H and O–H groups in total. The number of carbonyl (C=O) groups is 3. The molecule has 0 radical (unpaired) electrons. The Bertz CT molecular complexity index is 1360. The van der Waals surface area contributed by atoms with Gasteiger partial charge in [0.05, 0.1) is 29.0 Å². The van der Waals surface area contributed by atoms with E-state index in [1.165, 1.54) is 6.92 Å². The van der Waals surface area contributed by atoms with E-state index in [2.05, 4.69) is 15.6 Å². The predicted molar refractivity (Wildman–Crippen MR) is 121 cm³/mol. The number of amides is 2. The average molecular weight is 544 g/mol. The van der Waals surface area contributed by atoms with E-state index in [-0.39, 0.29) is 41.2 Å². The van der Waals surface area contributed by atoms with Gasteiger partial charge in [-0.15, -0.1) is 0 Å². The zero-order chi connectivity index (χ0) is 28.2. The number of fused-ring (bicyclic) bond motifs is 1. The number of nitrogens with two attached hydrogens (primary N) is 2. The minimum Gasteiger partial charge on any atom is -0.403 e. The minimum absolute atomic E-state index is 0.0147. The molecule has 2 aromatic rings. The molecule has 204 valence electrons. The first kappa shape index (κ1) is 27.0. The molecule has 0 spiro atoms. The summed E-state index contributed by atoms with van der Waals surface area (Å²) in [6.07, 6.45) is -5.27. The minimum atomic E-state index is -3.26. The van der Waals surface area contributed by atoms with Gasteiger partial charge in [0.1, 0.15) is 17.6 Å². The molecule has 38 heavy (non-hydrogen) atoms. The molecule has 2 aromatic heterocycles. The maximum Gasteiger partial charge on any atom is 0.293 e. The third kappa shape index (κ3) is 4.45. The van der Waals surface area contributed by atoms with Crippen molar-refractivity contribution in [3.05, 3.63) is 58.2 Å². The second-order valence-electron chi connectivity index (χ2n) is 9.22. The first-order valence-electron chi connectivity index (χ1n) is 11.2. The number of rotatable bonds is 7. The van der Waals surface area contributed by atoms with Gasteiger partial charge in [-0.2, -0.15) is 0 Å². The number of Topliss-reactive ketones (excluding diaryl/α,β-unsaturated/α-hetero) is 1. The zero-order valence-corrected chi connectivity index (χ0v) is 19.8. The van der Waals surface area contributed by atoms with Crippen molar-refractivity contribution in [3.8, 4) is 0 Å². The van der Waals surface area contributed by atoms with Crippen LogP contribution >= 0.6 is 0 Å². The lowest BCUT2D eigenvalue weighted by Gasteiger charge is -2.47. The van der Waals surface area contributed by atoms with E-state index in [4.69, 9.17) is 11.5 Å². The standard InChI is InChI=1S/C23H22F6N6O3/c1-9-14(18(36)21(38)34-22(13(31)5-30)7-23(28,29)8-22)12-4-10(24)6-35(12)17(9)20(37)33-11-2-3-32-16(15(11)25)19(26)27/h2-3,5,10,19H,4,6-8,30-31H2,1H3,(H,34,38)(H,32,33,37). The van der Waals surface area contributed by atoms with E-state index in [9.17, 15) is 40.7 Å². The molecule has 0 bridgehead atoms. The molecule has 4 rings (SSSR count). The number of pyridine rings is 1. The van der Waals surface area contributed by atoms with E-state index in [0.717, 1.165) is 23.0 Å². The molecule has 15 heteroatoms. The van der Waals surface area contributed by atoms with Crippen LogP contribution in [0.1, 0.15) is 57.1 Å². The summed E-state index contributed by atoms with van der Waals surface area (Å²) in [4.78, 5) is 42.3. The van der Waals surface area contributed by atoms with Crippen molar-refractivity contribution in [2.24, 2.45) is 11.5 Å². The van der Waals surface area contributed by atoms with Crippen LogP contribution in [0, 0.1) is 12.7 Å². The van der Waals surface area contributed by atoms with Crippen LogP contribution in [-0.4, -0.2) is 44.8 Å². The second kappa shape index (κ2) is 9.36.